The molecule has 4 rings (SSSR count). The van der Waals surface area contributed by atoms with E-state index in [1.165, 1.54) is 13.2 Å². The first-order valence-electron chi connectivity index (χ1n) is 10.6. The summed E-state index contributed by atoms with van der Waals surface area (Å²) in [5.74, 6) is -0.159. The summed E-state index contributed by atoms with van der Waals surface area (Å²) >= 11 is 0. The number of likely N-dealkylation sites (tertiary alicyclic amines) is 1. The van der Waals surface area contributed by atoms with Crippen LogP contribution >= 0.6 is 0 Å². The maximum atomic E-state index is 14.5. The molecule has 1 fully saturated rings. The molecule has 2 aliphatic heterocycles. The molecule has 0 aromatic heterocycles. The fraction of sp³-hybridized carbons (Fsp3) is 0.375. The van der Waals surface area contributed by atoms with Gasteiger partial charge in [-0.2, -0.15) is 0 Å². The summed E-state index contributed by atoms with van der Waals surface area (Å²) < 4.78 is 19.6. The second-order valence-corrected chi connectivity index (χ2v) is 8.08. The number of methoxy groups -OCH3 is 1. The average Bonchev–Trinajstić information content (AvgIpc) is 2.79. The van der Waals surface area contributed by atoms with Crippen molar-refractivity contribution in [1.82, 2.24) is 9.80 Å². The normalized spacial score (nSPS) is 20.3. The number of hydrogen-bond donors (Lipinski definition) is 2. The van der Waals surface area contributed by atoms with E-state index in [2.05, 4.69) is 21.3 Å². The molecule has 1 unspecified atom stereocenters. The Morgan fingerprint density at radius 2 is 1.77 bits per heavy atom. The molecule has 7 heteroatoms. The minimum atomic E-state index is -0.388. The molecule has 31 heavy (non-hydrogen) atoms. The van der Waals surface area contributed by atoms with Gasteiger partial charge >= 0.3 is 0 Å². The smallest absolute Gasteiger partial charge is 0.178 e. The molecule has 2 aromatic rings. The zero-order valence-corrected chi connectivity index (χ0v) is 18.3. The third-order valence-corrected chi connectivity index (χ3v) is 6.01. The number of benzene rings is 2. The van der Waals surface area contributed by atoms with Crippen LogP contribution in [0.5, 0.6) is 5.75 Å². The van der Waals surface area contributed by atoms with Crippen LogP contribution in [0.2, 0.25) is 0 Å². The Kier molecular flexibility index (Phi) is 6.25. The number of rotatable bonds is 5. The van der Waals surface area contributed by atoms with Gasteiger partial charge in [0.1, 0.15) is 0 Å². The number of nitrogens with zero attached hydrogens (tertiary/aromatic N) is 3. The van der Waals surface area contributed by atoms with Crippen LogP contribution in [-0.4, -0.2) is 62.1 Å². The molecule has 0 radical (unpaired) electrons. The molecular formula is C24H30FN5O. The van der Waals surface area contributed by atoms with Crippen LogP contribution in [0, 0.1) is 5.82 Å². The van der Waals surface area contributed by atoms with Crippen molar-refractivity contribution in [3.8, 4) is 5.75 Å². The summed E-state index contributed by atoms with van der Waals surface area (Å²) in [7, 11) is 5.38. The molecular weight excluding hydrogens is 393 g/mol. The first-order valence-corrected chi connectivity index (χ1v) is 10.6. The SMILES string of the molecule is CNc1ccc(C2=NC(N3CCC(N)CC3)N(C)C=C2c2ccc(OC)c(F)c2)cc1. The highest BCUT2D eigenvalue weighted by Crippen LogP contribution is 2.31. The topological polar surface area (TPSA) is 66.1 Å². The van der Waals surface area contributed by atoms with Gasteiger partial charge in [0.2, 0.25) is 0 Å². The van der Waals surface area contributed by atoms with Crippen molar-refractivity contribution in [2.75, 3.05) is 39.6 Å². The summed E-state index contributed by atoms with van der Waals surface area (Å²) in [6.45, 7) is 1.82. The van der Waals surface area contributed by atoms with Crippen molar-refractivity contribution < 1.29 is 9.13 Å². The molecule has 2 heterocycles. The summed E-state index contributed by atoms with van der Waals surface area (Å²) in [5.41, 5.74) is 10.6. The minimum absolute atomic E-state index is 0.113. The number of ether oxygens (including phenoxy) is 1. The second kappa shape index (κ2) is 9.08. The van der Waals surface area contributed by atoms with Crippen LogP contribution in [0.4, 0.5) is 10.1 Å². The molecule has 164 valence electrons. The predicted molar refractivity (Wildman–Crippen MR) is 124 cm³/mol. The lowest BCUT2D eigenvalue weighted by molar-refractivity contribution is 0.0743. The van der Waals surface area contributed by atoms with Crippen LogP contribution < -0.4 is 15.8 Å². The van der Waals surface area contributed by atoms with E-state index >= 15 is 0 Å². The zero-order chi connectivity index (χ0) is 22.0. The fourth-order valence-electron chi connectivity index (χ4n) is 4.17. The van der Waals surface area contributed by atoms with Gasteiger partial charge in [0.05, 0.1) is 12.8 Å². The number of halogens is 1. The predicted octanol–water partition coefficient (Wildman–Crippen LogP) is 3.36. The molecule has 1 atom stereocenters. The number of piperidine rings is 1. The van der Waals surface area contributed by atoms with E-state index in [0.717, 1.165) is 54.0 Å². The summed E-state index contributed by atoms with van der Waals surface area (Å²) in [5, 5.41) is 3.15. The number of aliphatic imine (C=N–C) groups is 1. The first-order chi connectivity index (χ1) is 15.0. The van der Waals surface area contributed by atoms with E-state index in [1.54, 1.807) is 6.07 Å². The van der Waals surface area contributed by atoms with Crippen LogP contribution in [-0.2, 0) is 0 Å². The molecule has 2 aliphatic rings. The van der Waals surface area contributed by atoms with Crippen molar-refractivity contribution >= 4 is 17.0 Å². The lowest BCUT2D eigenvalue weighted by Gasteiger charge is -2.41. The fourth-order valence-corrected chi connectivity index (χ4v) is 4.17. The molecule has 0 spiro atoms. The Morgan fingerprint density at radius 1 is 1.10 bits per heavy atom. The Balaban J connectivity index is 1.74. The molecule has 1 saturated heterocycles. The van der Waals surface area contributed by atoms with Gasteiger partial charge in [0, 0.05) is 56.3 Å². The quantitative estimate of drug-likeness (QED) is 0.772. The van der Waals surface area contributed by atoms with Crippen molar-refractivity contribution in [3.63, 3.8) is 0 Å². The highest BCUT2D eigenvalue weighted by molar-refractivity contribution is 6.32. The molecule has 0 amide bonds. The summed E-state index contributed by atoms with van der Waals surface area (Å²) in [6.07, 6.45) is 3.88. The van der Waals surface area contributed by atoms with E-state index in [0.29, 0.717) is 0 Å². The van der Waals surface area contributed by atoms with E-state index < -0.39 is 0 Å². The third kappa shape index (κ3) is 4.43. The number of nitrogens with one attached hydrogen (secondary N) is 1. The Morgan fingerprint density at radius 3 is 2.39 bits per heavy atom. The lowest BCUT2D eigenvalue weighted by atomic mass is 9.94. The maximum Gasteiger partial charge on any atom is 0.178 e. The van der Waals surface area contributed by atoms with Gasteiger partial charge in [-0.25, -0.2) is 9.38 Å². The van der Waals surface area contributed by atoms with E-state index in [-0.39, 0.29) is 23.9 Å². The van der Waals surface area contributed by atoms with Crippen molar-refractivity contribution in [2.24, 2.45) is 10.7 Å². The first kappa shape index (κ1) is 21.3. The number of hydrogen-bond acceptors (Lipinski definition) is 6. The Bertz CT molecular complexity index is 980. The van der Waals surface area contributed by atoms with E-state index in [4.69, 9.17) is 15.5 Å². The van der Waals surface area contributed by atoms with Gasteiger partial charge < -0.3 is 20.7 Å². The lowest BCUT2D eigenvalue weighted by Crippen LogP contribution is -2.51. The molecule has 3 N–H and O–H groups in total. The van der Waals surface area contributed by atoms with Gasteiger partial charge in [-0.1, -0.05) is 18.2 Å². The summed E-state index contributed by atoms with van der Waals surface area (Å²) in [4.78, 5) is 9.60. The van der Waals surface area contributed by atoms with Crippen molar-refractivity contribution in [2.45, 2.75) is 25.2 Å². The Labute approximate surface area is 183 Å². The van der Waals surface area contributed by atoms with E-state index in [9.17, 15) is 4.39 Å². The molecule has 0 bridgehead atoms. The van der Waals surface area contributed by atoms with Crippen LogP contribution in [0.15, 0.2) is 53.7 Å². The number of allylic oxidation sites excluding steroid dienone is 1. The van der Waals surface area contributed by atoms with E-state index in [1.807, 2.05) is 44.4 Å². The average molecular weight is 424 g/mol. The molecule has 0 aliphatic carbocycles. The number of nitrogens with two attached hydrogens (primary N) is 1. The minimum Gasteiger partial charge on any atom is -0.494 e. The van der Waals surface area contributed by atoms with Crippen molar-refractivity contribution in [3.05, 3.63) is 65.6 Å². The van der Waals surface area contributed by atoms with Crippen LogP contribution in [0.3, 0.4) is 0 Å². The van der Waals surface area contributed by atoms with Gasteiger partial charge in [-0.3, -0.25) is 4.90 Å². The monoisotopic (exact) mass is 423 g/mol. The van der Waals surface area contributed by atoms with Gasteiger partial charge in [-0.05, 0) is 42.7 Å². The standard InChI is InChI=1S/C24H30FN5O/c1-27-19-7-4-16(5-8-19)23-20(17-6-9-22(31-3)21(25)14-17)15-29(2)24(28-23)30-12-10-18(26)11-13-30/h4-9,14-15,18,24,27H,10-13,26H2,1-3H3. The summed E-state index contributed by atoms with van der Waals surface area (Å²) in [6, 6.07) is 13.5. The number of anilines is 1. The third-order valence-electron chi connectivity index (χ3n) is 6.01. The molecule has 0 saturated carbocycles. The maximum absolute atomic E-state index is 14.5. The van der Waals surface area contributed by atoms with Gasteiger partial charge in [0.15, 0.2) is 17.9 Å². The highest BCUT2D eigenvalue weighted by Gasteiger charge is 2.30. The van der Waals surface area contributed by atoms with Gasteiger partial charge in [0.25, 0.3) is 0 Å². The van der Waals surface area contributed by atoms with Crippen molar-refractivity contribution in [1.29, 1.82) is 0 Å². The van der Waals surface area contributed by atoms with Crippen LogP contribution in [0.1, 0.15) is 24.0 Å². The van der Waals surface area contributed by atoms with Crippen LogP contribution in [0.25, 0.3) is 5.57 Å². The second-order valence-electron chi connectivity index (χ2n) is 8.08. The molecule has 2 aromatic carbocycles. The largest absolute Gasteiger partial charge is 0.494 e. The molecule has 6 nitrogen and oxygen atoms in total. The van der Waals surface area contributed by atoms with Gasteiger partial charge in [-0.15, -0.1) is 0 Å². The zero-order valence-electron chi connectivity index (χ0n) is 18.3. The Hall–Kier alpha value is -2.90. The highest BCUT2D eigenvalue weighted by atomic mass is 19.1.